The van der Waals surface area contributed by atoms with Gasteiger partial charge in [-0.1, -0.05) is 0 Å². The Hall–Kier alpha value is -2.44. The number of carbonyl (C=O) groups excluding carboxylic acids is 3. The number of esters is 1. The van der Waals surface area contributed by atoms with Gasteiger partial charge in [0.1, 0.15) is 5.82 Å². The fraction of sp³-hybridized carbons (Fsp3) is 0.467. The highest BCUT2D eigenvalue weighted by atomic mass is 16.5. The number of nitrogens with zero attached hydrogens (tertiary/aromatic N) is 2. The Balaban J connectivity index is 1.74. The second-order valence-corrected chi connectivity index (χ2v) is 5.73. The van der Waals surface area contributed by atoms with Crippen LogP contribution in [0.5, 0.6) is 0 Å². The monoisotopic (exact) mass is 303 g/mol. The highest BCUT2D eigenvalue weighted by Gasteiger charge is 2.47. The number of amides is 2. The predicted octanol–water partition coefficient (Wildman–Crippen LogP) is 0.501. The van der Waals surface area contributed by atoms with Crippen molar-refractivity contribution in [2.45, 2.75) is 19.3 Å². The van der Waals surface area contributed by atoms with E-state index in [0.29, 0.717) is 43.7 Å². The quantitative estimate of drug-likeness (QED) is 0.632. The number of imide groups is 1. The van der Waals surface area contributed by atoms with Gasteiger partial charge >= 0.3 is 5.97 Å². The molecule has 1 N–H and O–H groups in total. The Kier molecular flexibility index (Phi) is 3.56. The number of piperidine rings is 1. The molecule has 0 saturated carbocycles. The van der Waals surface area contributed by atoms with Crippen LogP contribution in [0.25, 0.3) is 0 Å². The lowest BCUT2D eigenvalue weighted by Gasteiger charge is -2.31. The highest BCUT2D eigenvalue weighted by Crippen LogP contribution is 2.39. The average molecular weight is 303 g/mol. The fourth-order valence-electron chi connectivity index (χ4n) is 3.06. The molecule has 3 heterocycles. The van der Waals surface area contributed by atoms with Crippen LogP contribution in [-0.4, -0.2) is 43.0 Å². The van der Waals surface area contributed by atoms with E-state index >= 15 is 0 Å². The Labute approximate surface area is 127 Å². The maximum absolute atomic E-state index is 12.1. The summed E-state index contributed by atoms with van der Waals surface area (Å²) in [5, 5.41) is 2.43. The van der Waals surface area contributed by atoms with Crippen molar-refractivity contribution in [3.8, 4) is 0 Å². The topological polar surface area (TPSA) is 88.6 Å². The largest absolute Gasteiger partial charge is 0.465 e. The summed E-state index contributed by atoms with van der Waals surface area (Å²) in [4.78, 5) is 41.1. The summed E-state index contributed by atoms with van der Waals surface area (Å²) >= 11 is 0. The number of rotatable bonds is 2. The summed E-state index contributed by atoms with van der Waals surface area (Å²) in [6.45, 7) is 1.24. The Morgan fingerprint density at radius 1 is 1.36 bits per heavy atom. The van der Waals surface area contributed by atoms with Crippen molar-refractivity contribution >= 4 is 23.6 Å². The number of hydrogen-bond donors (Lipinski definition) is 1. The molecule has 1 atom stereocenters. The van der Waals surface area contributed by atoms with E-state index in [0.717, 1.165) is 0 Å². The number of hydrogen-bond acceptors (Lipinski definition) is 6. The van der Waals surface area contributed by atoms with Gasteiger partial charge < -0.3 is 9.64 Å². The molecule has 3 rings (SSSR count). The lowest BCUT2D eigenvalue weighted by molar-refractivity contribution is -0.140. The van der Waals surface area contributed by atoms with Gasteiger partial charge in [0.25, 0.3) is 0 Å². The number of nitrogens with one attached hydrogen (secondary N) is 1. The number of carbonyl (C=O) groups is 3. The minimum Gasteiger partial charge on any atom is -0.465 e. The Morgan fingerprint density at radius 3 is 2.82 bits per heavy atom. The number of ether oxygens (including phenoxy) is 1. The van der Waals surface area contributed by atoms with Gasteiger partial charge in [-0.25, -0.2) is 9.78 Å². The van der Waals surface area contributed by atoms with Crippen molar-refractivity contribution in [2.24, 2.45) is 5.41 Å². The number of anilines is 1. The van der Waals surface area contributed by atoms with Crippen LogP contribution in [0.2, 0.25) is 0 Å². The van der Waals surface area contributed by atoms with Gasteiger partial charge in [-0.3, -0.25) is 14.9 Å². The SMILES string of the molecule is COC(=O)c1ccc(N2CCC3(CCC(=O)NC3=O)C2)nc1. The zero-order chi connectivity index (χ0) is 15.7. The van der Waals surface area contributed by atoms with Gasteiger partial charge in [0.15, 0.2) is 0 Å². The lowest BCUT2D eigenvalue weighted by atomic mass is 9.79. The van der Waals surface area contributed by atoms with Crippen LogP contribution in [-0.2, 0) is 14.3 Å². The zero-order valence-electron chi connectivity index (χ0n) is 12.3. The summed E-state index contributed by atoms with van der Waals surface area (Å²) in [6, 6.07) is 3.40. The van der Waals surface area contributed by atoms with Crippen molar-refractivity contribution in [2.75, 3.05) is 25.1 Å². The van der Waals surface area contributed by atoms with E-state index in [2.05, 4.69) is 15.0 Å². The van der Waals surface area contributed by atoms with Gasteiger partial charge in [-0.15, -0.1) is 0 Å². The summed E-state index contributed by atoms with van der Waals surface area (Å²) in [7, 11) is 1.32. The summed E-state index contributed by atoms with van der Waals surface area (Å²) in [6.07, 6.45) is 3.13. The normalized spacial score (nSPS) is 24.5. The molecule has 0 aromatic carbocycles. The van der Waals surface area contributed by atoms with Crippen LogP contribution in [0.4, 0.5) is 5.82 Å². The smallest absolute Gasteiger partial charge is 0.339 e. The van der Waals surface area contributed by atoms with Gasteiger partial charge in [-0.2, -0.15) is 0 Å². The third kappa shape index (κ3) is 2.43. The van der Waals surface area contributed by atoms with Crippen LogP contribution >= 0.6 is 0 Å². The molecular formula is C15H17N3O4. The summed E-state index contributed by atoms with van der Waals surface area (Å²) < 4.78 is 4.64. The van der Waals surface area contributed by atoms with Crippen molar-refractivity contribution in [1.29, 1.82) is 0 Å². The van der Waals surface area contributed by atoms with Crippen LogP contribution in [0.15, 0.2) is 18.3 Å². The van der Waals surface area contributed by atoms with Gasteiger partial charge in [-0.05, 0) is 25.0 Å². The van der Waals surface area contributed by atoms with Crippen LogP contribution in [0.1, 0.15) is 29.6 Å². The Bertz CT molecular complexity index is 628. The minimum atomic E-state index is -0.503. The molecule has 0 aliphatic carbocycles. The third-order valence-corrected chi connectivity index (χ3v) is 4.41. The summed E-state index contributed by atoms with van der Waals surface area (Å²) in [5.41, 5.74) is -0.113. The van der Waals surface area contributed by atoms with Crippen LogP contribution in [0.3, 0.4) is 0 Å². The molecule has 22 heavy (non-hydrogen) atoms. The second kappa shape index (κ2) is 5.40. The van der Waals surface area contributed by atoms with Crippen molar-refractivity contribution in [1.82, 2.24) is 10.3 Å². The molecule has 1 unspecified atom stereocenters. The zero-order valence-corrected chi connectivity index (χ0v) is 12.3. The molecule has 2 amide bonds. The first-order valence-corrected chi connectivity index (χ1v) is 7.18. The molecular weight excluding hydrogens is 286 g/mol. The predicted molar refractivity (Wildman–Crippen MR) is 77.2 cm³/mol. The molecule has 1 aromatic heterocycles. The van der Waals surface area contributed by atoms with Crippen molar-refractivity contribution < 1.29 is 19.1 Å². The highest BCUT2D eigenvalue weighted by molar-refractivity contribution is 6.01. The Morgan fingerprint density at radius 2 is 2.18 bits per heavy atom. The molecule has 1 aromatic rings. The lowest BCUT2D eigenvalue weighted by Crippen LogP contribution is -2.50. The molecule has 2 aliphatic heterocycles. The van der Waals surface area contributed by atoms with E-state index in [4.69, 9.17) is 0 Å². The molecule has 1 spiro atoms. The number of methoxy groups -OCH3 is 1. The van der Waals surface area contributed by atoms with Crippen molar-refractivity contribution in [3.05, 3.63) is 23.9 Å². The van der Waals surface area contributed by atoms with Gasteiger partial charge in [0.2, 0.25) is 11.8 Å². The van der Waals surface area contributed by atoms with E-state index in [1.54, 1.807) is 12.1 Å². The molecule has 0 radical (unpaired) electrons. The molecule has 7 nitrogen and oxygen atoms in total. The van der Waals surface area contributed by atoms with E-state index in [1.807, 2.05) is 4.90 Å². The number of aromatic nitrogens is 1. The maximum atomic E-state index is 12.1. The van der Waals surface area contributed by atoms with E-state index in [9.17, 15) is 14.4 Å². The van der Waals surface area contributed by atoms with E-state index in [1.165, 1.54) is 13.3 Å². The molecule has 7 heteroatoms. The molecule has 0 bridgehead atoms. The maximum Gasteiger partial charge on any atom is 0.339 e. The van der Waals surface area contributed by atoms with Crippen molar-refractivity contribution in [3.63, 3.8) is 0 Å². The van der Waals surface area contributed by atoms with Gasteiger partial charge in [0.05, 0.1) is 18.1 Å². The number of pyridine rings is 1. The molecule has 2 saturated heterocycles. The van der Waals surface area contributed by atoms with Crippen LogP contribution in [0, 0.1) is 5.41 Å². The first-order valence-electron chi connectivity index (χ1n) is 7.18. The third-order valence-electron chi connectivity index (χ3n) is 4.41. The minimum absolute atomic E-state index is 0.183. The van der Waals surface area contributed by atoms with Crippen LogP contribution < -0.4 is 10.2 Å². The fourth-order valence-corrected chi connectivity index (χ4v) is 3.06. The van der Waals surface area contributed by atoms with E-state index in [-0.39, 0.29) is 11.8 Å². The average Bonchev–Trinajstić information content (AvgIpc) is 2.96. The molecule has 2 aliphatic rings. The van der Waals surface area contributed by atoms with Gasteiger partial charge in [0, 0.05) is 25.7 Å². The standard InChI is InChI=1S/C15H17N3O4/c1-22-13(20)10-2-3-11(16-8-10)18-7-6-15(9-18)5-4-12(19)17-14(15)21/h2-3,8H,4-7,9H2,1H3,(H,17,19,21). The molecule has 116 valence electrons. The first-order chi connectivity index (χ1) is 10.5. The second-order valence-electron chi connectivity index (χ2n) is 5.73. The van der Waals surface area contributed by atoms with E-state index < -0.39 is 11.4 Å². The summed E-state index contributed by atoms with van der Waals surface area (Å²) in [5.74, 6) is -0.0941. The molecule has 2 fully saturated rings. The first kappa shape index (κ1) is 14.5.